The van der Waals surface area contributed by atoms with Crippen molar-refractivity contribution in [2.75, 3.05) is 0 Å². The van der Waals surface area contributed by atoms with E-state index in [2.05, 4.69) is 20.8 Å². The van der Waals surface area contributed by atoms with Gasteiger partial charge in [0.25, 0.3) is 0 Å². The SMILES string of the molecule is [CH2-]/C=C/C.[CH2-]CCCC.[Mg+2]. The summed E-state index contributed by atoms with van der Waals surface area (Å²) in [6.45, 7) is 11.2. The summed E-state index contributed by atoms with van der Waals surface area (Å²) in [5.41, 5.74) is 0. The second-order valence-corrected chi connectivity index (χ2v) is 1.78. The van der Waals surface area contributed by atoms with Gasteiger partial charge in [-0.15, -0.1) is 6.92 Å². The smallest absolute Gasteiger partial charge is 0.343 e. The van der Waals surface area contributed by atoms with Crippen LogP contribution in [0.25, 0.3) is 0 Å². The second kappa shape index (κ2) is 22.8. The first-order valence-electron chi connectivity index (χ1n) is 3.53. The van der Waals surface area contributed by atoms with Gasteiger partial charge in [0.15, 0.2) is 0 Å². The Kier molecular flexibility index (Phi) is 38.2. The standard InChI is InChI=1S/C5H11.C4H7.Mg/c1-3-5-4-2;1-3-4-2;/h1,3-5H2,2H3;3-4H,1H2,2H3;/q2*-1;+2/b;4-3+;. The summed E-state index contributed by atoms with van der Waals surface area (Å²) < 4.78 is 0. The molecule has 0 radical (unpaired) electrons. The number of rotatable bonds is 2. The molecule has 0 nitrogen and oxygen atoms in total. The fourth-order valence-electron chi connectivity index (χ4n) is 0.250. The van der Waals surface area contributed by atoms with Gasteiger partial charge in [0.05, 0.1) is 0 Å². The second-order valence-electron chi connectivity index (χ2n) is 1.78. The molecule has 0 fully saturated rings. The fourth-order valence-corrected chi connectivity index (χ4v) is 0.250. The molecule has 0 aromatic rings. The van der Waals surface area contributed by atoms with Crippen LogP contribution in [-0.4, -0.2) is 23.1 Å². The van der Waals surface area contributed by atoms with Crippen molar-refractivity contribution in [3.63, 3.8) is 0 Å². The van der Waals surface area contributed by atoms with Crippen molar-refractivity contribution in [3.8, 4) is 0 Å². The third-order valence-electron chi connectivity index (χ3n) is 0.839. The van der Waals surface area contributed by atoms with Crippen LogP contribution >= 0.6 is 0 Å². The molecule has 0 aliphatic rings. The van der Waals surface area contributed by atoms with Gasteiger partial charge in [-0.05, 0) is 0 Å². The van der Waals surface area contributed by atoms with Crippen molar-refractivity contribution in [1.29, 1.82) is 0 Å². The molecule has 0 aromatic carbocycles. The molecule has 10 heavy (non-hydrogen) atoms. The predicted molar refractivity (Wildman–Crippen MR) is 50.8 cm³/mol. The minimum Gasteiger partial charge on any atom is -0.343 e. The summed E-state index contributed by atoms with van der Waals surface area (Å²) in [4.78, 5) is 0. The molecule has 0 aliphatic carbocycles. The molecule has 0 aliphatic heterocycles. The van der Waals surface area contributed by atoms with Crippen LogP contribution in [0.2, 0.25) is 0 Å². The minimum absolute atomic E-state index is 0. The summed E-state index contributed by atoms with van der Waals surface area (Å²) in [6.07, 6.45) is 7.29. The summed E-state index contributed by atoms with van der Waals surface area (Å²) in [6, 6.07) is 0. The van der Waals surface area contributed by atoms with Crippen LogP contribution in [0.15, 0.2) is 12.2 Å². The van der Waals surface area contributed by atoms with Gasteiger partial charge in [-0.3, -0.25) is 0 Å². The maximum atomic E-state index is 3.68. The van der Waals surface area contributed by atoms with E-state index in [0.717, 1.165) is 6.42 Å². The molecular weight excluding hydrogens is 132 g/mol. The van der Waals surface area contributed by atoms with Gasteiger partial charge in [-0.2, -0.15) is 6.42 Å². The molecule has 0 saturated heterocycles. The van der Waals surface area contributed by atoms with Crippen LogP contribution in [0, 0.1) is 13.8 Å². The van der Waals surface area contributed by atoms with Crippen LogP contribution in [0.4, 0.5) is 0 Å². The van der Waals surface area contributed by atoms with E-state index >= 15 is 0 Å². The van der Waals surface area contributed by atoms with Gasteiger partial charge in [-0.1, -0.05) is 19.8 Å². The Labute approximate surface area is 82.2 Å². The quantitative estimate of drug-likeness (QED) is 0.419. The molecule has 56 valence electrons. The molecule has 0 rings (SSSR count). The molecule has 0 N–H and O–H groups in total. The largest absolute Gasteiger partial charge is 2.00 e. The summed E-state index contributed by atoms with van der Waals surface area (Å²) >= 11 is 0. The molecule has 0 unspecified atom stereocenters. The zero-order valence-electron chi connectivity index (χ0n) is 7.40. The van der Waals surface area contributed by atoms with Crippen molar-refractivity contribution in [2.24, 2.45) is 0 Å². The van der Waals surface area contributed by atoms with E-state index in [-0.39, 0.29) is 23.1 Å². The van der Waals surface area contributed by atoms with E-state index in [1.165, 1.54) is 12.8 Å². The van der Waals surface area contributed by atoms with E-state index in [4.69, 9.17) is 0 Å². The van der Waals surface area contributed by atoms with Crippen LogP contribution in [0.1, 0.15) is 33.1 Å². The predicted octanol–water partition coefficient (Wildman–Crippen LogP) is 3.03. The Bertz CT molecular complexity index is 42.7. The Morgan fingerprint density at radius 2 is 1.80 bits per heavy atom. The van der Waals surface area contributed by atoms with Crippen LogP contribution < -0.4 is 0 Å². The number of hydrogen-bond acceptors (Lipinski definition) is 0. The van der Waals surface area contributed by atoms with Gasteiger partial charge < -0.3 is 6.92 Å². The van der Waals surface area contributed by atoms with Crippen molar-refractivity contribution in [1.82, 2.24) is 0 Å². The molecule has 0 saturated carbocycles. The summed E-state index contributed by atoms with van der Waals surface area (Å²) in [7, 11) is 0. The topological polar surface area (TPSA) is 0 Å². The first-order valence-corrected chi connectivity index (χ1v) is 3.53. The number of hydrogen-bond donors (Lipinski definition) is 0. The Morgan fingerprint density at radius 3 is 1.80 bits per heavy atom. The first-order chi connectivity index (χ1) is 4.33. The van der Waals surface area contributed by atoms with Crippen molar-refractivity contribution in [3.05, 3.63) is 26.0 Å². The van der Waals surface area contributed by atoms with Crippen LogP contribution in [0.3, 0.4) is 0 Å². The molecular formula is C9H18Mg. The molecule has 0 atom stereocenters. The van der Waals surface area contributed by atoms with E-state index in [9.17, 15) is 0 Å². The van der Waals surface area contributed by atoms with E-state index in [0.29, 0.717) is 0 Å². The van der Waals surface area contributed by atoms with Gasteiger partial charge in [0.2, 0.25) is 0 Å². The first kappa shape index (κ1) is 16.8. The minimum atomic E-state index is 0. The monoisotopic (exact) mass is 150 g/mol. The Morgan fingerprint density at radius 1 is 1.40 bits per heavy atom. The third kappa shape index (κ3) is 40.0. The normalized spacial score (nSPS) is 7.90. The average Bonchev–Trinajstić information content (AvgIpc) is 1.91. The molecule has 0 aromatic heterocycles. The maximum Gasteiger partial charge on any atom is 2.00 e. The Balaban J connectivity index is -0.0000000910. The van der Waals surface area contributed by atoms with Gasteiger partial charge >= 0.3 is 23.1 Å². The number of unbranched alkanes of at least 4 members (excludes halogenated alkanes) is 2. The van der Waals surface area contributed by atoms with Crippen molar-refractivity contribution < 1.29 is 0 Å². The molecule has 0 heterocycles. The zero-order valence-corrected chi connectivity index (χ0v) is 8.81. The van der Waals surface area contributed by atoms with Gasteiger partial charge in [0, 0.05) is 0 Å². The molecule has 0 spiro atoms. The van der Waals surface area contributed by atoms with Gasteiger partial charge in [-0.25, -0.2) is 19.1 Å². The maximum absolute atomic E-state index is 3.68. The Hall–Kier alpha value is 0.376. The summed E-state index contributed by atoms with van der Waals surface area (Å²) in [5, 5.41) is 0. The average molecular weight is 151 g/mol. The van der Waals surface area contributed by atoms with Crippen molar-refractivity contribution >= 4 is 23.1 Å². The fraction of sp³-hybridized carbons (Fsp3) is 0.556. The molecule has 0 bridgehead atoms. The van der Waals surface area contributed by atoms with Gasteiger partial charge in [0.1, 0.15) is 0 Å². The van der Waals surface area contributed by atoms with E-state index in [1.807, 2.05) is 13.0 Å². The zero-order chi connectivity index (χ0) is 7.54. The van der Waals surface area contributed by atoms with Crippen molar-refractivity contribution in [2.45, 2.75) is 33.1 Å². The molecule has 1 heteroatoms. The molecule has 0 amide bonds. The van der Waals surface area contributed by atoms with Crippen LogP contribution in [-0.2, 0) is 0 Å². The van der Waals surface area contributed by atoms with E-state index in [1.54, 1.807) is 6.08 Å². The van der Waals surface area contributed by atoms with Crippen LogP contribution in [0.5, 0.6) is 0 Å². The summed E-state index contributed by atoms with van der Waals surface area (Å²) in [5.74, 6) is 0. The number of allylic oxidation sites excluding steroid dienone is 2. The van der Waals surface area contributed by atoms with E-state index < -0.39 is 0 Å². The third-order valence-corrected chi connectivity index (χ3v) is 0.839.